The number of likely N-dealkylation sites (tertiary alicyclic amines) is 1. The highest BCUT2D eigenvalue weighted by Gasteiger charge is 2.48. The molecule has 0 spiro atoms. The Labute approximate surface area is 81.9 Å². The van der Waals surface area contributed by atoms with Crippen LogP contribution in [0.5, 0.6) is 0 Å². The smallest absolute Gasteiger partial charge is 0.0763 e. The lowest BCUT2D eigenvalue weighted by atomic mass is 9.93. The Morgan fingerprint density at radius 2 is 1.62 bits per heavy atom. The number of aliphatic hydroxyl groups is 1. The Morgan fingerprint density at radius 3 is 1.77 bits per heavy atom. The first-order valence-electron chi connectivity index (χ1n) is 5.05. The highest BCUT2D eigenvalue weighted by atomic mass is 16.3. The van der Waals surface area contributed by atoms with Gasteiger partial charge < -0.3 is 5.11 Å². The van der Waals surface area contributed by atoms with Gasteiger partial charge in [-0.3, -0.25) is 4.90 Å². The number of nitrogens with zero attached hydrogens (tertiary/aromatic N) is 1. The summed E-state index contributed by atoms with van der Waals surface area (Å²) in [7, 11) is 0. The summed E-state index contributed by atoms with van der Waals surface area (Å²) in [4.78, 5) is 2.39. The maximum Gasteiger partial charge on any atom is 0.0763 e. The molecule has 78 valence electrons. The highest BCUT2D eigenvalue weighted by Crippen LogP contribution is 2.39. The standard InChI is InChI=1S/C11H23NO/c1-9(2,3)12-8-11(6,13)7-10(12,4)5/h13H,7-8H2,1-6H3/t11-/m0/s1. The van der Waals surface area contributed by atoms with Crippen molar-refractivity contribution in [3.63, 3.8) is 0 Å². The van der Waals surface area contributed by atoms with E-state index in [0.717, 1.165) is 13.0 Å². The van der Waals surface area contributed by atoms with Crippen LogP contribution in [0, 0.1) is 0 Å². The Hall–Kier alpha value is -0.0800. The average Bonchev–Trinajstić information content (AvgIpc) is 1.97. The topological polar surface area (TPSA) is 23.5 Å². The third-order valence-corrected chi connectivity index (χ3v) is 2.85. The van der Waals surface area contributed by atoms with Gasteiger partial charge in [-0.05, 0) is 48.0 Å². The molecule has 0 aromatic carbocycles. The Kier molecular flexibility index (Phi) is 2.29. The van der Waals surface area contributed by atoms with Gasteiger partial charge in [-0.2, -0.15) is 0 Å². The first-order valence-corrected chi connectivity index (χ1v) is 5.05. The molecule has 1 aliphatic heterocycles. The minimum Gasteiger partial charge on any atom is -0.389 e. The molecule has 2 heteroatoms. The van der Waals surface area contributed by atoms with Crippen LogP contribution >= 0.6 is 0 Å². The Balaban J connectivity index is 2.89. The van der Waals surface area contributed by atoms with Crippen molar-refractivity contribution in [2.45, 2.75) is 64.6 Å². The van der Waals surface area contributed by atoms with Crippen LogP contribution in [0.1, 0.15) is 48.0 Å². The molecular weight excluding hydrogens is 162 g/mol. The molecular formula is C11H23NO. The van der Waals surface area contributed by atoms with Gasteiger partial charge in [-0.15, -0.1) is 0 Å². The molecule has 1 saturated heterocycles. The van der Waals surface area contributed by atoms with Crippen LogP contribution in [0.4, 0.5) is 0 Å². The Morgan fingerprint density at radius 1 is 1.15 bits per heavy atom. The molecule has 0 bridgehead atoms. The lowest BCUT2D eigenvalue weighted by molar-refractivity contribution is 0.0415. The fraction of sp³-hybridized carbons (Fsp3) is 1.00. The van der Waals surface area contributed by atoms with E-state index in [1.807, 2.05) is 6.92 Å². The van der Waals surface area contributed by atoms with Gasteiger partial charge >= 0.3 is 0 Å². The predicted octanol–water partition coefficient (Wildman–Crippen LogP) is 2.02. The van der Waals surface area contributed by atoms with Gasteiger partial charge in [0.2, 0.25) is 0 Å². The molecule has 0 aromatic rings. The molecule has 2 nitrogen and oxygen atoms in total. The summed E-state index contributed by atoms with van der Waals surface area (Å²) in [6.07, 6.45) is 0.858. The molecule has 1 heterocycles. The van der Waals surface area contributed by atoms with Crippen LogP contribution in [-0.2, 0) is 0 Å². The highest BCUT2D eigenvalue weighted by molar-refractivity contribution is 5.03. The molecule has 0 unspecified atom stereocenters. The number of hydrogen-bond donors (Lipinski definition) is 1. The zero-order valence-electron chi connectivity index (χ0n) is 9.81. The zero-order chi connectivity index (χ0) is 10.5. The van der Waals surface area contributed by atoms with Gasteiger partial charge in [0.1, 0.15) is 0 Å². The summed E-state index contributed by atoms with van der Waals surface area (Å²) in [5, 5.41) is 10.0. The first kappa shape index (κ1) is 11.0. The van der Waals surface area contributed by atoms with Crippen molar-refractivity contribution in [2.24, 2.45) is 0 Å². The molecule has 0 amide bonds. The van der Waals surface area contributed by atoms with Crippen LogP contribution in [0.2, 0.25) is 0 Å². The van der Waals surface area contributed by atoms with Crippen LogP contribution in [-0.4, -0.2) is 33.2 Å². The minimum atomic E-state index is -0.517. The lowest BCUT2D eigenvalue weighted by Crippen LogP contribution is -2.50. The second kappa shape index (κ2) is 2.71. The average molecular weight is 185 g/mol. The maximum absolute atomic E-state index is 10.0. The third kappa shape index (κ3) is 2.23. The van der Waals surface area contributed by atoms with E-state index in [0.29, 0.717) is 0 Å². The van der Waals surface area contributed by atoms with E-state index in [4.69, 9.17) is 0 Å². The SMILES string of the molecule is CC(C)(C)N1C[C@@](C)(O)CC1(C)C. The van der Waals surface area contributed by atoms with Crippen molar-refractivity contribution < 1.29 is 5.11 Å². The fourth-order valence-corrected chi connectivity index (χ4v) is 2.78. The summed E-state index contributed by atoms with van der Waals surface area (Å²) in [5.41, 5.74) is -0.261. The summed E-state index contributed by atoms with van der Waals surface area (Å²) >= 11 is 0. The maximum atomic E-state index is 10.0. The van der Waals surface area contributed by atoms with E-state index in [1.165, 1.54) is 0 Å². The predicted molar refractivity (Wildman–Crippen MR) is 55.8 cm³/mol. The van der Waals surface area contributed by atoms with Gasteiger partial charge in [0, 0.05) is 17.6 Å². The van der Waals surface area contributed by atoms with Gasteiger partial charge in [0.25, 0.3) is 0 Å². The quantitative estimate of drug-likeness (QED) is 0.624. The first-order chi connectivity index (χ1) is 5.55. The molecule has 1 aliphatic rings. The molecule has 0 radical (unpaired) electrons. The third-order valence-electron chi connectivity index (χ3n) is 2.85. The summed E-state index contributed by atoms with van der Waals surface area (Å²) in [5.74, 6) is 0. The summed E-state index contributed by atoms with van der Waals surface area (Å²) in [6.45, 7) is 13.7. The number of hydrogen-bond acceptors (Lipinski definition) is 2. The fourth-order valence-electron chi connectivity index (χ4n) is 2.78. The van der Waals surface area contributed by atoms with Crippen LogP contribution in [0.3, 0.4) is 0 Å². The molecule has 13 heavy (non-hydrogen) atoms. The monoisotopic (exact) mass is 185 g/mol. The normalized spacial score (nSPS) is 35.3. The van der Waals surface area contributed by atoms with Gasteiger partial charge in [0.05, 0.1) is 5.60 Å². The molecule has 0 aliphatic carbocycles. The van der Waals surface area contributed by atoms with Crippen molar-refractivity contribution >= 4 is 0 Å². The van der Waals surface area contributed by atoms with Crippen molar-refractivity contribution in [3.05, 3.63) is 0 Å². The van der Waals surface area contributed by atoms with Gasteiger partial charge in [-0.25, -0.2) is 0 Å². The second-order valence-corrected chi connectivity index (χ2v) is 6.24. The minimum absolute atomic E-state index is 0.113. The van der Waals surface area contributed by atoms with E-state index in [-0.39, 0.29) is 11.1 Å². The van der Waals surface area contributed by atoms with E-state index < -0.39 is 5.60 Å². The molecule has 0 saturated carbocycles. The van der Waals surface area contributed by atoms with Gasteiger partial charge in [0.15, 0.2) is 0 Å². The van der Waals surface area contributed by atoms with Crippen LogP contribution in [0.15, 0.2) is 0 Å². The van der Waals surface area contributed by atoms with E-state index >= 15 is 0 Å². The van der Waals surface area contributed by atoms with E-state index in [1.54, 1.807) is 0 Å². The van der Waals surface area contributed by atoms with E-state index in [2.05, 4.69) is 39.5 Å². The van der Waals surface area contributed by atoms with Crippen LogP contribution < -0.4 is 0 Å². The second-order valence-electron chi connectivity index (χ2n) is 6.24. The summed E-state index contributed by atoms with van der Waals surface area (Å²) in [6, 6.07) is 0. The van der Waals surface area contributed by atoms with Gasteiger partial charge in [-0.1, -0.05) is 0 Å². The van der Waals surface area contributed by atoms with Crippen molar-refractivity contribution in [1.82, 2.24) is 4.90 Å². The van der Waals surface area contributed by atoms with E-state index in [9.17, 15) is 5.11 Å². The molecule has 0 aromatic heterocycles. The summed E-state index contributed by atoms with van der Waals surface area (Å²) < 4.78 is 0. The van der Waals surface area contributed by atoms with Crippen molar-refractivity contribution in [2.75, 3.05) is 6.54 Å². The van der Waals surface area contributed by atoms with Crippen LogP contribution in [0.25, 0.3) is 0 Å². The largest absolute Gasteiger partial charge is 0.389 e. The molecule has 1 fully saturated rings. The van der Waals surface area contributed by atoms with Crippen molar-refractivity contribution in [1.29, 1.82) is 0 Å². The number of β-amino-alcohol motifs (C(OH)–C–C–N with tert-alkyl or cyclic N) is 1. The zero-order valence-corrected chi connectivity index (χ0v) is 9.81. The number of rotatable bonds is 0. The lowest BCUT2D eigenvalue weighted by Gasteiger charge is -2.41. The van der Waals surface area contributed by atoms with Crippen molar-refractivity contribution in [3.8, 4) is 0 Å². The molecule has 1 rings (SSSR count). The molecule has 1 atom stereocenters. The molecule has 1 N–H and O–H groups in total. The Bertz CT molecular complexity index is 201.